The van der Waals surface area contributed by atoms with Crippen molar-refractivity contribution in [1.82, 2.24) is 10.2 Å². The monoisotopic (exact) mass is 375 g/mol. The number of H-pyrrole nitrogens is 1. The van der Waals surface area contributed by atoms with E-state index in [1.54, 1.807) is 37.3 Å². The fraction of sp³-hybridized carbons (Fsp3) is 0.0588. The fourth-order valence-corrected chi connectivity index (χ4v) is 3.83. The normalized spacial score (nSPS) is 11.3. The number of aryl methyl sites for hydroxylation is 1. The molecule has 1 aromatic heterocycles. The van der Waals surface area contributed by atoms with E-state index in [9.17, 15) is 13.2 Å². The molecule has 6 nitrogen and oxygen atoms in total. The van der Waals surface area contributed by atoms with Crippen LogP contribution in [0.5, 0.6) is 0 Å². The van der Waals surface area contributed by atoms with Crippen LogP contribution in [0.1, 0.15) is 5.56 Å². The van der Waals surface area contributed by atoms with E-state index in [1.807, 2.05) is 0 Å². The minimum atomic E-state index is -3.81. The van der Waals surface area contributed by atoms with Crippen molar-refractivity contribution in [1.29, 1.82) is 0 Å². The maximum Gasteiger partial charge on any atom is 0.264 e. The van der Waals surface area contributed by atoms with E-state index < -0.39 is 10.0 Å². The molecule has 0 aliphatic carbocycles. The SMILES string of the molecule is Cc1ccc(-c2ccc(=O)[nH]n2)cc1S(=O)(=O)Nc1cccc(Cl)c1. The molecule has 3 rings (SSSR count). The zero-order valence-electron chi connectivity index (χ0n) is 13.2. The summed E-state index contributed by atoms with van der Waals surface area (Å²) in [5.41, 5.74) is 1.68. The third-order valence-electron chi connectivity index (χ3n) is 3.53. The van der Waals surface area contributed by atoms with E-state index in [0.29, 0.717) is 27.5 Å². The van der Waals surface area contributed by atoms with Gasteiger partial charge in [0.1, 0.15) is 0 Å². The van der Waals surface area contributed by atoms with Crippen molar-refractivity contribution in [3.63, 3.8) is 0 Å². The van der Waals surface area contributed by atoms with E-state index in [1.165, 1.54) is 24.3 Å². The lowest BCUT2D eigenvalue weighted by molar-refractivity contribution is 0.600. The minimum Gasteiger partial charge on any atom is -0.280 e. The molecule has 2 aromatic carbocycles. The van der Waals surface area contributed by atoms with Crippen LogP contribution in [0.15, 0.2) is 64.3 Å². The average molecular weight is 376 g/mol. The van der Waals surface area contributed by atoms with Crippen LogP contribution in [0.2, 0.25) is 5.02 Å². The number of sulfonamides is 1. The average Bonchev–Trinajstić information content (AvgIpc) is 2.55. The molecule has 0 unspecified atom stereocenters. The predicted octanol–water partition coefficient (Wildman–Crippen LogP) is 3.20. The molecule has 0 aliphatic heterocycles. The number of aromatic amines is 1. The first-order chi connectivity index (χ1) is 11.8. The molecule has 0 radical (unpaired) electrons. The lowest BCUT2D eigenvalue weighted by atomic mass is 10.1. The van der Waals surface area contributed by atoms with Crippen molar-refractivity contribution in [3.8, 4) is 11.3 Å². The van der Waals surface area contributed by atoms with Crippen molar-refractivity contribution in [2.75, 3.05) is 4.72 Å². The topological polar surface area (TPSA) is 91.9 Å². The van der Waals surface area contributed by atoms with Crippen molar-refractivity contribution in [2.45, 2.75) is 11.8 Å². The quantitative estimate of drug-likeness (QED) is 0.732. The molecule has 0 spiro atoms. The summed E-state index contributed by atoms with van der Waals surface area (Å²) in [5.74, 6) is 0. The summed E-state index contributed by atoms with van der Waals surface area (Å²) in [4.78, 5) is 11.3. The number of nitrogens with one attached hydrogen (secondary N) is 2. The Hall–Kier alpha value is -2.64. The summed E-state index contributed by atoms with van der Waals surface area (Å²) in [6.45, 7) is 1.70. The summed E-state index contributed by atoms with van der Waals surface area (Å²) in [6.07, 6.45) is 0. The maximum absolute atomic E-state index is 12.7. The standard InChI is InChI=1S/C17H14ClN3O3S/c1-11-5-6-12(15-7-8-17(22)20-19-15)9-16(11)25(23,24)21-14-4-2-3-13(18)10-14/h2-10,21H,1H3,(H,20,22). The Labute approximate surface area is 149 Å². The van der Waals surface area contributed by atoms with Crippen LogP contribution < -0.4 is 10.3 Å². The molecule has 1 heterocycles. The van der Waals surface area contributed by atoms with Gasteiger partial charge >= 0.3 is 0 Å². The Balaban J connectivity index is 2.02. The van der Waals surface area contributed by atoms with E-state index in [2.05, 4.69) is 14.9 Å². The Morgan fingerprint density at radius 2 is 1.88 bits per heavy atom. The molecule has 0 amide bonds. The molecule has 0 bridgehead atoms. The molecule has 8 heteroatoms. The zero-order valence-corrected chi connectivity index (χ0v) is 14.7. The Morgan fingerprint density at radius 3 is 2.56 bits per heavy atom. The van der Waals surface area contributed by atoms with Crippen LogP contribution >= 0.6 is 11.6 Å². The Kier molecular flexibility index (Phi) is 4.61. The molecule has 2 N–H and O–H groups in total. The highest BCUT2D eigenvalue weighted by molar-refractivity contribution is 7.92. The van der Waals surface area contributed by atoms with Crippen LogP contribution in [0, 0.1) is 6.92 Å². The third kappa shape index (κ3) is 3.89. The first-order valence-electron chi connectivity index (χ1n) is 7.30. The van der Waals surface area contributed by atoms with Crippen molar-refractivity contribution >= 4 is 27.3 Å². The van der Waals surface area contributed by atoms with Gasteiger partial charge in [-0.3, -0.25) is 9.52 Å². The maximum atomic E-state index is 12.7. The summed E-state index contributed by atoms with van der Waals surface area (Å²) in [5, 5.41) is 6.69. The Morgan fingerprint density at radius 1 is 1.08 bits per heavy atom. The molecule has 0 aliphatic rings. The smallest absolute Gasteiger partial charge is 0.264 e. The molecule has 3 aromatic rings. The van der Waals surface area contributed by atoms with Gasteiger partial charge in [0.2, 0.25) is 0 Å². The highest BCUT2D eigenvalue weighted by Gasteiger charge is 2.18. The lowest BCUT2D eigenvalue weighted by Gasteiger charge is -2.12. The molecule has 0 atom stereocenters. The van der Waals surface area contributed by atoms with Gasteiger partial charge in [-0.25, -0.2) is 13.5 Å². The molecule has 0 saturated heterocycles. The Bertz CT molecular complexity index is 1070. The predicted molar refractivity (Wildman–Crippen MR) is 97.3 cm³/mol. The number of hydrogen-bond donors (Lipinski definition) is 2. The number of halogens is 1. The van der Waals surface area contributed by atoms with Crippen LogP contribution in [0.3, 0.4) is 0 Å². The van der Waals surface area contributed by atoms with Crippen LogP contribution in [-0.2, 0) is 10.0 Å². The van der Waals surface area contributed by atoms with Gasteiger partial charge in [-0.1, -0.05) is 29.8 Å². The number of rotatable bonds is 4. The second-order valence-electron chi connectivity index (χ2n) is 5.40. The highest BCUT2D eigenvalue weighted by atomic mass is 35.5. The van der Waals surface area contributed by atoms with Gasteiger partial charge < -0.3 is 0 Å². The van der Waals surface area contributed by atoms with Gasteiger partial charge in [0.05, 0.1) is 16.3 Å². The molecule has 128 valence electrons. The summed E-state index contributed by atoms with van der Waals surface area (Å²) in [6, 6.07) is 14.3. The lowest BCUT2D eigenvalue weighted by Crippen LogP contribution is -2.14. The van der Waals surface area contributed by atoms with Gasteiger partial charge in [-0.15, -0.1) is 0 Å². The van der Waals surface area contributed by atoms with Gasteiger partial charge in [-0.2, -0.15) is 5.10 Å². The minimum absolute atomic E-state index is 0.123. The van der Waals surface area contributed by atoms with Gasteiger partial charge in [-0.05, 0) is 42.8 Å². The second-order valence-corrected chi connectivity index (χ2v) is 7.49. The van der Waals surface area contributed by atoms with Crippen molar-refractivity contribution < 1.29 is 8.42 Å². The van der Waals surface area contributed by atoms with Crippen LogP contribution in [0.25, 0.3) is 11.3 Å². The molecule has 0 fully saturated rings. The van der Waals surface area contributed by atoms with E-state index in [-0.39, 0.29) is 10.5 Å². The van der Waals surface area contributed by atoms with Crippen LogP contribution in [0.4, 0.5) is 5.69 Å². The second kappa shape index (κ2) is 6.70. The zero-order chi connectivity index (χ0) is 18.0. The van der Waals surface area contributed by atoms with Gasteiger partial charge in [0.15, 0.2) is 0 Å². The number of benzene rings is 2. The number of anilines is 1. The van der Waals surface area contributed by atoms with E-state index in [4.69, 9.17) is 11.6 Å². The number of nitrogens with zero attached hydrogens (tertiary/aromatic N) is 1. The highest BCUT2D eigenvalue weighted by Crippen LogP contribution is 2.25. The van der Waals surface area contributed by atoms with Crippen molar-refractivity contribution in [3.05, 3.63) is 75.5 Å². The van der Waals surface area contributed by atoms with Gasteiger partial charge in [0.25, 0.3) is 15.6 Å². The molecule has 0 saturated carbocycles. The van der Waals surface area contributed by atoms with E-state index >= 15 is 0 Å². The summed E-state index contributed by atoms with van der Waals surface area (Å²) in [7, 11) is -3.81. The first-order valence-corrected chi connectivity index (χ1v) is 9.16. The van der Waals surface area contributed by atoms with E-state index in [0.717, 1.165) is 0 Å². The largest absolute Gasteiger partial charge is 0.280 e. The molecule has 25 heavy (non-hydrogen) atoms. The number of hydrogen-bond acceptors (Lipinski definition) is 4. The summed E-state index contributed by atoms with van der Waals surface area (Å²) < 4.78 is 28.0. The first kappa shape index (κ1) is 17.2. The molecular weight excluding hydrogens is 362 g/mol. The van der Waals surface area contributed by atoms with Gasteiger partial charge in [0, 0.05) is 16.7 Å². The number of aromatic nitrogens is 2. The third-order valence-corrected chi connectivity index (χ3v) is 5.29. The van der Waals surface area contributed by atoms with Crippen LogP contribution in [-0.4, -0.2) is 18.6 Å². The van der Waals surface area contributed by atoms with Crippen molar-refractivity contribution in [2.24, 2.45) is 0 Å². The summed E-state index contributed by atoms with van der Waals surface area (Å²) >= 11 is 5.90. The fourth-order valence-electron chi connectivity index (χ4n) is 2.32. The molecular formula is C17H14ClN3O3S.